The number of halogens is 2. The number of benzene rings is 2. The number of nitrogens with zero attached hydrogens (tertiary/aromatic N) is 3. The Morgan fingerprint density at radius 1 is 1.18 bits per heavy atom. The van der Waals surface area contributed by atoms with E-state index in [4.69, 9.17) is 0 Å². The van der Waals surface area contributed by atoms with Crippen LogP contribution in [-0.2, 0) is 27.8 Å². The summed E-state index contributed by atoms with van der Waals surface area (Å²) in [6, 6.07) is 10.6. The molecule has 0 aliphatic rings. The zero-order chi connectivity index (χ0) is 24.9. The van der Waals surface area contributed by atoms with Gasteiger partial charge >= 0.3 is 6.61 Å². The van der Waals surface area contributed by atoms with E-state index in [0.29, 0.717) is 30.0 Å². The van der Waals surface area contributed by atoms with E-state index in [1.54, 1.807) is 18.2 Å². The van der Waals surface area contributed by atoms with Gasteiger partial charge in [0.2, 0.25) is 15.9 Å². The molecule has 3 rings (SSSR count). The lowest BCUT2D eigenvalue weighted by Gasteiger charge is -2.11. The Balaban J connectivity index is 1.76. The van der Waals surface area contributed by atoms with Crippen LogP contribution in [0.15, 0.2) is 47.4 Å². The quantitative estimate of drug-likeness (QED) is 0.430. The van der Waals surface area contributed by atoms with Crippen LogP contribution >= 0.6 is 0 Å². The Kier molecular flexibility index (Phi) is 8.21. The van der Waals surface area contributed by atoms with Crippen molar-refractivity contribution < 1.29 is 26.7 Å². The van der Waals surface area contributed by atoms with E-state index >= 15 is 0 Å². The monoisotopic (exact) mass is 494 g/mol. The molecule has 1 aromatic heterocycles. The van der Waals surface area contributed by atoms with Crippen LogP contribution in [-0.4, -0.2) is 48.9 Å². The number of imidazole rings is 1. The van der Waals surface area contributed by atoms with Gasteiger partial charge in [0.25, 0.3) is 0 Å². The molecule has 184 valence electrons. The van der Waals surface area contributed by atoms with Crippen molar-refractivity contribution >= 4 is 32.7 Å². The Hall–Kier alpha value is -3.05. The van der Waals surface area contributed by atoms with Crippen molar-refractivity contribution in [1.29, 1.82) is 0 Å². The summed E-state index contributed by atoms with van der Waals surface area (Å²) < 4.78 is 57.0. The molecule has 0 atom stereocenters. The van der Waals surface area contributed by atoms with Gasteiger partial charge in [-0.15, -0.1) is 0 Å². The van der Waals surface area contributed by atoms with Crippen LogP contribution in [0.5, 0.6) is 5.75 Å². The number of rotatable bonds is 11. The maximum atomic E-state index is 12.5. The topological polar surface area (TPSA) is 93.5 Å². The van der Waals surface area contributed by atoms with E-state index in [2.05, 4.69) is 22.0 Å². The molecule has 0 radical (unpaired) electrons. The van der Waals surface area contributed by atoms with Gasteiger partial charge in [-0.2, -0.15) is 8.78 Å². The highest BCUT2D eigenvalue weighted by Gasteiger charge is 2.20. The first kappa shape index (κ1) is 25.6. The molecule has 0 spiro atoms. The van der Waals surface area contributed by atoms with Crippen LogP contribution in [0.2, 0.25) is 0 Å². The first-order valence-corrected chi connectivity index (χ1v) is 12.3. The largest absolute Gasteiger partial charge is 0.435 e. The second-order valence-corrected chi connectivity index (χ2v) is 10.1. The fourth-order valence-electron chi connectivity index (χ4n) is 3.46. The van der Waals surface area contributed by atoms with E-state index in [9.17, 15) is 22.0 Å². The minimum absolute atomic E-state index is 0.00768. The van der Waals surface area contributed by atoms with E-state index < -0.39 is 16.6 Å². The zero-order valence-corrected chi connectivity index (χ0v) is 20.1. The fraction of sp³-hybridized carbons (Fsp3) is 0.391. The second-order valence-electron chi connectivity index (χ2n) is 7.92. The number of sulfonamides is 1. The third-order valence-corrected chi connectivity index (χ3v) is 7.06. The van der Waals surface area contributed by atoms with Crippen molar-refractivity contribution in [1.82, 2.24) is 13.9 Å². The number of amides is 1. The molecule has 11 heteroatoms. The van der Waals surface area contributed by atoms with Crippen LogP contribution in [0.25, 0.3) is 11.0 Å². The molecule has 0 aliphatic carbocycles. The summed E-state index contributed by atoms with van der Waals surface area (Å²) in [5.41, 5.74) is 1.84. The molecule has 0 saturated heterocycles. The summed E-state index contributed by atoms with van der Waals surface area (Å²) in [5, 5.41) is 2.73. The summed E-state index contributed by atoms with van der Waals surface area (Å²) >= 11 is 0. The van der Waals surface area contributed by atoms with Gasteiger partial charge in [-0.25, -0.2) is 17.7 Å². The van der Waals surface area contributed by atoms with Gasteiger partial charge in [0.05, 0.1) is 15.9 Å². The van der Waals surface area contributed by atoms with Gasteiger partial charge in [0.1, 0.15) is 11.6 Å². The molecular formula is C23H28F2N4O4S. The average Bonchev–Trinajstić information content (AvgIpc) is 3.13. The van der Waals surface area contributed by atoms with E-state index in [0.717, 1.165) is 22.7 Å². The Morgan fingerprint density at radius 2 is 1.88 bits per heavy atom. The summed E-state index contributed by atoms with van der Waals surface area (Å²) in [6.45, 7) is -0.132. The molecule has 1 heterocycles. The van der Waals surface area contributed by atoms with E-state index in [1.165, 1.54) is 38.4 Å². The third-order valence-electron chi connectivity index (χ3n) is 5.25. The number of aromatic nitrogens is 2. The SMILES string of the molecule is CCCCn1c(CCC(=O)Nc2ccc(OC(F)F)cc2)nc2cc(S(=O)(=O)N(C)C)ccc21. The Morgan fingerprint density at radius 3 is 2.50 bits per heavy atom. The van der Waals surface area contributed by atoms with Crippen molar-refractivity contribution in [2.24, 2.45) is 0 Å². The number of nitrogens with one attached hydrogen (secondary N) is 1. The highest BCUT2D eigenvalue weighted by Crippen LogP contribution is 2.24. The number of carbonyl (C=O) groups excluding carboxylic acids is 1. The zero-order valence-electron chi connectivity index (χ0n) is 19.3. The number of hydrogen-bond donors (Lipinski definition) is 1. The molecule has 1 N–H and O–H groups in total. The fourth-order valence-corrected chi connectivity index (χ4v) is 4.38. The van der Waals surface area contributed by atoms with Crippen LogP contribution in [0.4, 0.5) is 14.5 Å². The minimum Gasteiger partial charge on any atom is -0.435 e. The van der Waals surface area contributed by atoms with Crippen LogP contribution < -0.4 is 10.1 Å². The van der Waals surface area contributed by atoms with Crippen molar-refractivity contribution in [2.45, 2.75) is 50.7 Å². The molecular weight excluding hydrogens is 466 g/mol. The van der Waals surface area contributed by atoms with Crippen LogP contribution in [0.3, 0.4) is 0 Å². The highest BCUT2D eigenvalue weighted by molar-refractivity contribution is 7.89. The Labute approximate surface area is 197 Å². The molecule has 8 nitrogen and oxygen atoms in total. The van der Waals surface area contributed by atoms with Crippen LogP contribution in [0, 0.1) is 0 Å². The van der Waals surface area contributed by atoms with E-state index in [1.807, 2.05) is 4.57 Å². The predicted octanol–water partition coefficient (Wildman–Crippen LogP) is 4.26. The summed E-state index contributed by atoms with van der Waals surface area (Å²) in [5.74, 6) is 0.444. The summed E-state index contributed by atoms with van der Waals surface area (Å²) in [6.07, 6.45) is 2.38. The number of anilines is 1. The van der Waals surface area contributed by atoms with Gasteiger partial charge in [0.15, 0.2) is 0 Å². The molecule has 0 bridgehead atoms. The van der Waals surface area contributed by atoms with E-state index in [-0.39, 0.29) is 23.0 Å². The maximum Gasteiger partial charge on any atom is 0.387 e. The lowest BCUT2D eigenvalue weighted by molar-refractivity contribution is -0.116. The normalized spacial score (nSPS) is 12.0. The Bertz CT molecular complexity index is 1240. The molecule has 0 fully saturated rings. The van der Waals surface area contributed by atoms with Gasteiger partial charge < -0.3 is 14.6 Å². The second kappa shape index (κ2) is 10.9. The third kappa shape index (κ3) is 6.09. The number of carbonyl (C=O) groups is 1. The number of alkyl halides is 2. The smallest absolute Gasteiger partial charge is 0.387 e. The standard InChI is InChI=1S/C23H28F2N4O4S/c1-4-5-14-29-20-11-10-18(34(31,32)28(2)3)15-19(20)27-21(29)12-13-22(30)26-16-6-8-17(9-7-16)33-23(24)25/h6-11,15,23H,4-5,12-14H2,1-3H3,(H,26,30). The first-order chi connectivity index (χ1) is 16.1. The van der Waals surface area contributed by atoms with Crippen molar-refractivity contribution in [2.75, 3.05) is 19.4 Å². The van der Waals surface area contributed by atoms with Gasteiger partial charge in [0, 0.05) is 39.2 Å². The van der Waals surface area contributed by atoms with Gasteiger partial charge in [-0.1, -0.05) is 13.3 Å². The van der Waals surface area contributed by atoms with Crippen molar-refractivity contribution in [3.63, 3.8) is 0 Å². The molecule has 1 amide bonds. The highest BCUT2D eigenvalue weighted by atomic mass is 32.2. The van der Waals surface area contributed by atoms with Gasteiger partial charge in [-0.3, -0.25) is 4.79 Å². The molecule has 34 heavy (non-hydrogen) atoms. The minimum atomic E-state index is -3.59. The molecule has 0 aliphatic heterocycles. The number of hydrogen-bond acceptors (Lipinski definition) is 5. The predicted molar refractivity (Wildman–Crippen MR) is 126 cm³/mol. The lowest BCUT2D eigenvalue weighted by Crippen LogP contribution is -2.22. The molecule has 3 aromatic rings. The van der Waals surface area contributed by atoms with Crippen molar-refractivity contribution in [3.8, 4) is 5.75 Å². The maximum absolute atomic E-state index is 12.5. The first-order valence-electron chi connectivity index (χ1n) is 10.9. The number of ether oxygens (including phenoxy) is 1. The summed E-state index contributed by atoms with van der Waals surface area (Å²) in [7, 11) is -0.640. The molecule has 2 aromatic carbocycles. The van der Waals surface area contributed by atoms with Crippen molar-refractivity contribution in [3.05, 3.63) is 48.3 Å². The van der Waals surface area contributed by atoms with Gasteiger partial charge in [-0.05, 0) is 48.9 Å². The summed E-state index contributed by atoms with van der Waals surface area (Å²) in [4.78, 5) is 17.3. The number of fused-ring (bicyclic) bond motifs is 1. The average molecular weight is 495 g/mol. The number of unbranched alkanes of at least 4 members (excludes halogenated alkanes) is 1. The number of aryl methyl sites for hydroxylation is 2. The lowest BCUT2D eigenvalue weighted by atomic mass is 10.2. The van der Waals surface area contributed by atoms with Crippen LogP contribution in [0.1, 0.15) is 32.0 Å². The molecule has 0 unspecified atom stereocenters. The molecule has 0 saturated carbocycles.